The van der Waals surface area contributed by atoms with Gasteiger partial charge in [-0.25, -0.2) is 0 Å². The Labute approximate surface area is 198 Å². The molecule has 7 nitrogen and oxygen atoms in total. The number of ether oxygens (including phenoxy) is 3. The molecule has 2 bridgehead atoms. The molecule has 2 saturated heterocycles. The minimum atomic E-state index is -1.92. The lowest BCUT2D eigenvalue weighted by atomic mass is 9.50. The van der Waals surface area contributed by atoms with Gasteiger partial charge in [0.2, 0.25) is 17.1 Å². The van der Waals surface area contributed by atoms with Gasteiger partial charge in [0.1, 0.15) is 18.5 Å². The van der Waals surface area contributed by atoms with E-state index in [0.717, 1.165) is 12.0 Å². The lowest BCUT2D eigenvalue weighted by Gasteiger charge is -2.52. The van der Waals surface area contributed by atoms with Crippen LogP contribution in [0.3, 0.4) is 0 Å². The molecule has 0 spiro atoms. The average Bonchev–Trinajstić information content (AvgIpc) is 3.07. The Morgan fingerprint density at radius 2 is 1.74 bits per heavy atom. The van der Waals surface area contributed by atoms with Gasteiger partial charge in [0, 0.05) is 6.42 Å². The van der Waals surface area contributed by atoms with Crippen molar-refractivity contribution in [3.8, 4) is 24.0 Å². The predicted molar refractivity (Wildman–Crippen MR) is 121 cm³/mol. The van der Waals surface area contributed by atoms with E-state index in [1.165, 1.54) is 0 Å². The molecule has 5 atom stereocenters. The summed E-state index contributed by atoms with van der Waals surface area (Å²) >= 11 is 0. The summed E-state index contributed by atoms with van der Waals surface area (Å²) in [7, 11) is 0. The molecule has 5 rings (SSSR count). The van der Waals surface area contributed by atoms with Crippen LogP contribution >= 0.6 is 0 Å². The molecule has 2 heterocycles. The summed E-state index contributed by atoms with van der Waals surface area (Å²) in [6.07, 6.45) is 0.834. The molecule has 0 radical (unpaired) electrons. The molecule has 5 unspecified atom stereocenters. The van der Waals surface area contributed by atoms with Gasteiger partial charge in [0.05, 0.1) is 24.1 Å². The second kappa shape index (κ2) is 7.87. The van der Waals surface area contributed by atoms with Crippen LogP contribution in [0.4, 0.5) is 0 Å². The average molecular weight is 453 g/mol. The van der Waals surface area contributed by atoms with Crippen molar-refractivity contribution in [2.45, 2.75) is 44.7 Å². The van der Waals surface area contributed by atoms with E-state index in [4.69, 9.17) is 19.6 Å². The molecular weight excluding hydrogens is 428 g/mol. The largest absolute Gasteiger partial charge is 0.489 e. The molecule has 3 fully saturated rings. The SMILES string of the molecule is CC1CCC23OC(=N)C(C#N)(C2C1)C(C#N)(C#N)C(c1ccc(OCc2ccccc2)cc1)O3. The summed E-state index contributed by atoms with van der Waals surface area (Å²) in [5.74, 6) is -1.15. The molecule has 1 N–H and O–H groups in total. The Morgan fingerprint density at radius 1 is 1.03 bits per heavy atom. The van der Waals surface area contributed by atoms with Crippen LogP contribution in [0.5, 0.6) is 5.75 Å². The number of hydrogen-bond donors (Lipinski definition) is 1. The Kier molecular flexibility index (Phi) is 5.08. The molecule has 0 amide bonds. The van der Waals surface area contributed by atoms with Crippen molar-refractivity contribution < 1.29 is 14.2 Å². The Bertz CT molecular complexity index is 1230. The van der Waals surface area contributed by atoms with E-state index in [2.05, 4.69) is 25.1 Å². The topological polar surface area (TPSA) is 123 Å². The van der Waals surface area contributed by atoms with E-state index in [9.17, 15) is 15.8 Å². The Morgan fingerprint density at radius 3 is 2.38 bits per heavy atom. The molecule has 1 aliphatic carbocycles. The predicted octanol–water partition coefficient (Wildman–Crippen LogP) is 5.02. The first kappa shape index (κ1) is 22.0. The zero-order chi connectivity index (χ0) is 24.0. The Balaban J connectivity index is 1.52. The van der Waals surface area contributed by atoms with Gasteiger partial charge in [-0.15, -0.1) is 0 Å². The maximum atomic E-state index is 10.4. The van der Waals surface area contributed by atoms with Crippen molar-refractivity contribution >= 4 is 5.90 Å². The van der Waals surface area contributed by atoms with E-state index < -0.39 is 28.6 Å². The summed E-state index contributed by atoms with van der Waals surface area (Å²) < 4.78 is 18.3. The van der Waals surface area contributed by atoms with Crippen LogP contribution in [0, 0.1) is 62.1 Å². The van der Waals surface area contributed by atoms with Crippen LogP contribution in [0.1, 0.15) is 43.4 Å². The van der Waals surface area contributed by atoms with Crippen LogP contribution in [-0.4, -0.2) is 11.7 Å². The van der Waals surface area contributed by atoms with Crippen molar-refractivity contribution in [2.75, 3.05) is 0 Å². The van der Waals surface area contributed by atoms with E-state index in [1.807, 2.05) is 30.3 Å². The molecule has 0 aromatic heterocycles. The third-order valence-corrected chi connectivity index (χ3v) is 7.60. The molecule has 34 heavy (non-hydrogen) atoms. The van der Waals surface area contributed by atoms with Crippen molar-refractivity contribution in [1.29, 1.82) is 21.2 Å². The number of nitrogens with zero attached hydrogens (tertiary/aromatic N) is 3. The van der Waals surface area contributed by atoms with E-state index in [0.29, 0.717) is 30.8 Å². The zero-order valence-corrected chi connectivity index (χ0v) is 18.8. The lowest BCUT2D eigenvalue weighted by molar-refractivity contribution is -0.298. The Hall–Kier alpha value is -3.86. The second-order valence-electron chi connectivity index (χ2n) is 9.47. The third-order valence-electron chi connectivity index (χ3n) is 7.60. The molecule has 7 heteroatoms. The number of nitrogens with one attached hydrogen (secondary N) is 1. The van der Waals surface area contributed by atoms with E-state index >= 15 is 0 Å². The maximum absolute atomic E-state index is 10.4. The fraction of sp³-hybridized carbons (Fsp3) is 0.407. The van der Waals surface area contributed by atoms with Gasteiger partial charge in [-0.3, -0.25) is 5.41 Å². The van der Waals surface area contributed by atoms with E-state index in [-0.39, 0.29) is 11.8 Å². The first-order chi connectivity index (χ1) is 16.4. The summed E-state index contributed by atoms with van der Waals surface area (Å²) in [5.41, 5.74) is -2.01. The van der Waals surface area contributed by atoms with Crippen molar-refractivity contribution in [3.05, 3.63) is 65.7 Å². The molecule has 170 valence electrons. The smallest absolute Gasteiger partial charge is 0.217 e. The van der Waals surface area contributed by atoms with Gasteiger partial charge in [-0.2, -0.15) is 15.8 Å². The summed E-state index contributed by atoms with van der Waals surface area (Å²) in [6, 6.07) is 23.3. The maximum Gasteiger partial charge on any atom is 0.217 e. The van der Waals surface area contributed by atoms with Crippen molar-refractivity contribution in [1.82, 2.24) is 0 Å². The van der Waals surface area contributed by atoms with Crippen LogP contribution < -0.4 is 4.74 Å². The van der Waals surface area contributed by atoms with Crippen molar-refractivity contribution in [3.63, 3.8) is 0 Å². The van der Waals surface area contributed by atoms with Crippen molar-refractivity contribution in [2.24, 2.45) is 22.7 Å². The fourth-order valence-corrected chi connectivity index (χ4v) is 5.81. The molecule has 2 aromatic carbocycles. The van der Waals surface area contributed by atoms with Gasteiger partial charge in [0.15, 0.2) is 5.41 Å². The number of nitriles is 3. The normalized spacial score (nSPS) is 32.9. The summed E-state index contributed by atoms with van der Waals surface area (Å²) in [5, 5.41) is 39.7. The number of hydrogen-bond acceptors (Lipinski definition) is 7. The first-order valence-electron chi connectivity index (χ1n) is 11.4. The van der Waals surface area contributed by atoms with E-state index in [1.54, 1.807) is 24.3 Å². The highest BCUT2D eigenvalue weighted by atomic mass is 16.7. The summed E-state index contributed by atoms with van der Waals surface area (Å²) in [6.45, 7) is 2.48. The summed E-state index contributed by atoms with van der Waals surface area (Å²) in [4.78, 5) is 0. The second-order valence-corrected chi connectivity index (χ2v) is 9.47. The molecule has 3 aliphatic rings. The van der Waals surface area contributed by atoms with Crippen LogP contribution in [0.25, 0.3) is 0 Å². The molecule has 2 aliphatic heterocycles. The van der Waals surface area contributed by atoms with Crippen LogP contribution in [0.15, 0.2) is 54.6 Å². The van der Waals surface area contributed by atoms with Crippen LogP contribution in [-0.2, 0) is 16.1 Å². The van der Waals surface area contributed by atoms with Gasteiger partial charge < -0.3 is 14.2 Å². The number of rotatable bonds is 4. The van der Waals surface area contributed by atoms with Gasteiger partial charge >= 0.3 is 0 Å². The minimum Gasteiger partial charge on any atom is -0.489 e. The number of benzene rings is 2. The third kappa shape index (κ3) is 2.86. The highest BCUT2D eigenvalue weighted by Crippen LogP contribution is 2.69. The minimum absolute atomic E-state index is 0.275. The lowest BCUT2D eigenvalue weighted by Crippen LogP contribution is -2.60. The standard InChI is InChI=1S/C27H24N4O3/c1-18-11-12-27-22(13-18)26(17-30,24(31)34-27)25(15-28,16-29)23(33-27)20-7-9-21(10-8-20)32-14-19-5-3-2-4-6-19/h2-10,18,22-23,31H,11-14H2,1H3. The molecule has 1 saturated carbocycles. The highest BCUT2D eigenvalue weighted by molar-refractivity contribution is 5.89. The molecular formula is C27H24N4O3. The first-order valence-corrected chi connectivity index (χ1v) is 11.4. The van der Waals surface area contributed by atoms with Gasteiger partial charge in [0.25, 0.3) is 0 Å². The van der Waals surface area contributed by atoms with Gasteiger partial charge in [-0.05, 0) is 42.0 Å². The fourth-order valence-electron chi connectivity index (χ4n) is 5.81. The molecule has 2 aromatic rings. The monoisotopic (exact) mass is 452 g/mol. The van der Waals surface area contributed by atoms with Gasteiger partial charge in [-0.1, -0.05) is 49.4 Å². The van der Waals surface area contributed by atoms with Crippen LogP contribution in [0.2, 0.25) is 0 Å². The quantitative estimate of drug-likeness (QED) is 0.695. The highest BCUT2D eigenvalue weighted by Gasteiger charge is 2.80. The zero-order valence-electron chi connectivity index (χ0n) is 18.8.